The molecule has 0 saturated heterocycles. The summed E-state index contributed by atoms with van der Waals surface area (Å²) in [4.78, 5) is 12.4. The van der Waals surface area contributed by atoms with Gasteiger partial charge in [0.05, 0.1) is 11.8 Å². The van der Waals surface area contributed by atoms with Gasteiger partial charge < -0.3 is 4.57 Å². The number of amides is 1. The third-order valence-corrected chi connectivity index (χ3v) is 5.70. The van der Waals surface area contributed by atoms with Crippen molar-refractivity contribution < 1.29 is 9.18 Å². The smallest absolute Gasteiger partial charge is 0.272 e. The quantitative estimate of drug-likeness (QED) is 0.301. The first-order chi connectivity index (χ1) is 14.5. The number of carbonyl (C=O) groups is 1. The van der Waals surface area contributed by atoms with Gasteiger partial charge in [-0.15, -0.1) is 0 Å². The lowest BCUT2D eigenvalue weighted by Gasteiger charge is -2.08. The lowest BCUT2D eigenvalue weighted by Crippen LogP contribution is -2.18. The van der Waals surface area contributed by atoms with E-state index in [1.165, 1.54) is 12.1 Å². The summed E-state index contributed by atoms with van der Waals surface area (Å²) in [7, 11) is 0. The van der Waals surface area contributed by atoms with Gasteiger partial charge in [0.15, 0.2) is 0 Å². The van der Waals surface area contributed by atoms with Gasteiger partial charge in [-0.05, 0) is 58.7 Å². The van der Waals surface area contributed by atoms with Gasteiger partial charge in [0, 0.05) is 33.2 Å². The molecule has 0 saturated carbocycles. The normalized spacial score (nSPS) is 11.3. The van der Waals surface area contributed by atoms with Crippen molar-refractivity contribution in [2.45, 2.75) is 13.5 Å². The van der Waals surface area contributed by atoms with Gasteiger partial charge in [-0.1, -0.05) is 42.5 Å². The SMILES string of the molecule is Cc1c(/C=N\NC(=O)c2ccccc2Br)c2ccccc2n1Cc1ccc(F)cc1. The van der Waals surface area contributed by atoms with E-state index in [-0.39, 0.29) is 11.7 Å². The van der Waals surface area contributed by atoms with Gasteiger partial charge in [0.25, 0.3) is 5.91 Å². The van der Waals surface area contributed by atoms with E-state index >= 15 is 0 Å². The third kappa shape index (κ3) is 4.04. The molecule has 1 heterocycles. The fraction of sp³-hybridized carbons (Fsp3) is 0.0833. The fourth-order valence-electron chi connectivity index (χ4n) is 3.46. The van der Waals surface area contributed by atoms with Crippen LogP contribution in [0.3, 0.4) is 0 Å². The molecule has 0 aliphatic heterocycles. The minimum Gasteiger partial charge on any atom is -0.340 e. The van der Waals surface area contributed by atoms with Crippen molar-refractivity contribution in [1.29, 1.82) is 0 Å². The first kappa shape index (κ1) is 20.0. The summed E-state index contributed by atoms with van der Waals surface area (Å²) < 4.78 is 16.1. The highest BCUT2D eigenvalue weighted by Crippen LogP contribution is 2.25. The predicted octanol–water partition coefficient (Wildman–Crippen LogP) is 5.66. The zero-order valence-corrected chi connectivity index (χ0v) is 17.9. The Morgan fingerprint density at radius 2 is 1.77 bits per heavy atom. The molecule has 0 aliphatic rings. The number of nitrogens with one attached hydrogen (secondary N) is 1. The molecule has 0 fully saturated rings. The van der Waals surface area contributed by atoms with Crippen LogP contribution in [0.4, 0.5) is 4.39 Å². The lowest BCUT2D eigenvalue weighted by molar-refractivity contribution is 0.0954. The topological polar surface area (TPSA) is 46.4 Å². The maximum Gasteiger partial charge on any atom is 0.272 e. The van der Waals surface area contributed by atoms with E-state index in [9.17, 15) is 9.18 Å². The molecule has 0 atom stereocenters. The summed E-state index contributed by atoms with van der Waals surface area (Å²) in [6.07, 6.45) is 1.67. The average Bonchev–Trinajstić information content (AvgIpc) is 3.01. The van der Waals surface area contributed by atoms with Crippen molar-refractivity contribution in [3.05, 3.63) is 105 Å². The van der Waals surface area contributed by atoms with Gasteiger partial charge in [0.1, 0.15) is 5.82 Å². The Labute approximate surface area is 182 Å². The van der Waals surface area contributed by atoms with E-state index < -0.39 is 0 Å². The Balaban J connectivity index is 1.63. The summed E-state index contributed by atoms with van der Waals surface area (Å²) in [5, 5.41) is 5.23. The number of para-hydroxylation sites is 1. The average molecular weight is 464 g/mol. The fourth-order valence-corrected chi connectivity index (χ4v) is 3.92. The van der Waals surface area contributed by atoms with Crippen LogP contribution in [0.1, 0.15) is 27.2 Å². The van der Waals surface area contributed by atoms with Crippen molar-refractivity contribution in [1.82, 2.24) is 9.99 Å². The first-order valence-electron chi connectivity index (χ1n) is 9.45. The van der Waals surface area contributed by atoms with Crippen LogP contribution in [0.2, 0.25) is 0 Å². The van der Waals surface area contributed by atoms with Gasteiger partial charge in [0.2, 0.25) is 0 Å². The number of carbonyl (C=O) groups excluding carboxylic acids is 1. The Hall–Kier alpha value is -3.25. The highest BCUT2D eigenvalue weighted by molar-refractivity contribution is 9.10. The Morgan fingerprint density at radius 1 is 1.07 bits per heavy atom. The van der Waals surface area contributed by atoms with Gasteiger partial charge in [-0.3, -0.25) is 4.79 Å². The van der Waals surface area contributed by atoms with Crippen LogP contribution in [0.15, 0.2) is 82.4 Å². The van der Waals surface area contributed by atoms with E-state index in [1.54, 1.807) is 30.5 Å². The van der Waals surface area contributed by atoms with Crippen LogP contribution in [-0.2, 0) is 6.54 Å². The maximum absolute atomic E-state index is 13.3. The number of nitrogens with zero attached hydrogens (tertiary/aromatic N) is 2. The second-order valence-electron chi connectivity index (χ2n) is 6.91. The van der Waals surface area contributed by atoms with Gasteiger partial charge in [-0.2, -0.15) is 5.10 Å². The summed E-state index contributed by atoms with van der Waals surface area (Å²) in [6, 6.07) is 21.7. The molecule has 4 rings (SSSR count). The van der Waals surface area contributed by atoms with E-state index in [2.05, 4.69) is 31.0 Å². The number of aromatic nitrogens is 1. The second-order valence-corrected chi connectivity index (χ2v) is 7.76. The number of halogens is 2. The van der Waals surface area contributed by atoms with Crippen LogP contribution in [0, 0.1) is 12.7 Å². The van der Waals surface area contributed by atoms with Crippen molar-refractivity contribution in [3.63, 3.8) is 0 Å². The summed E-state index contributed by atoms with van der Waals surface area (Å²) in [5.41, 5.74) is 7.12. The largest absolute Gasteiger partial charge is 0.340 e. The molecule has 30 heavy (non-hydrogen) atoms. The molecule has 4 nitrogen and oxygen atoms in total. The molecule has 4 aromatic rings. The molecular formula is C24H19BrFN3O. The summed E-state index contributed by atoms with van der Waals surface area (Å²) in [5.74, 6) is -0.534. The summed E-state index contributed by atoms with van der Waals surface area (Å²) >= 11 is 3.38. The number of rotatable bonds is 5. The second kappa shape index (κ2) is 8.63. The predicted molar refractivity (Wildman–Crippen MR) is 121 cm³/mol. The lowest BCUT2D eigenvalue weighted by atomic mass is 10.1. The highest BCUT2D eigenvalue weighted by atomic mass is 79.9. The molecule has 0 bridgehead atoms. The number of hydrogen-bond acceptors (Lipinski definition) is 2. The Bertz CT molecular complexity index is 1250. The third-order valence-electron chi connectivity index (χ3n) is 5.01. The molecule has 1 N–H and O–H groups in total. The van der Waals surface area contributed by atoms with Crippen LogP contribution < -0.4 is 5.43 Å². The Morgan fingerprint density at radius 3 is 2.53 bits per heavy atom. The number of fused-ring (bicyclic) bond motifs is 1. The van der Waals surface area contributed by atoms with Crippen LogP contribution in [0.5, 0.6) is 0 Å². The molecular weight excluding hydrogens is 445 g/mol. The molecule has 150 valence electrons. The van der Waals surface area contributed by atoms with Crippen LogP contribution in [-0.4, -0.2) is 16.7 Å². The van der Waals surface area contributed by atoms with Crippen LogP contribution >= 0.6 is 15.9 Å². The number of hydrogen-bond donors (Lipinski definition) is 1. The van der Waals surface area contributed by atoms with Gasteiger partial charge in [-0.25, -0.2) is 9.82 Å². The minimum atomic E-state index is -0.286. The molecule has 0 unspecified atom stereocenters. The molecule has 0 spiro atoms. The van der Waals surface area contributed by atoms with Crippen molar-refractivity contribution >= 4 is 39.0 Å². The van der Waals surface area contributed by atoms with E-state index in [0.717, 1.165) is 27.7 Å². The zero-order chi connectivity index (χ0) is 21.1. The molecule has 6 heteroatoms. The van der Waals surface area contributed by atoms with E-state index in [1.807, 2.05) is 43.3 Å². The van der Waals surface area contributed by atoms with Crippen molar-refractivity contribution in [3.8, 4) is 0 Å². The monoisotopic (exact) mass is 463 g/mol. The molecule has 1 amide bonds. The minimum absolute atomic E-state index is 0.249. The number of benzene rings is 3. The standard InChI is InChI=1S/C24H19BrFN3O/c1-16-21(14-27-28-24(30)20-7-2-4-8-22(20)25)19-6-3-5-9-23(19)29(16)15-17-10-12-18(26)13-11-17/h2-14H,15H2,1H3,(H,28,30)/b27-14-. The molecule has 3 aromatic carbocycles. The van der Waals surface area contributed by atoms with Crippen LogP contribution in [0.25, 0.3) is 10.9 Å². The van der Waals surface area contributed by atoms with Crippen molar-refractivity contribution in [2.75, 3.05) is 0 Å². The highest BCUT2D eigenvalue weighted by Gasteiger charge is 2.13. The number of hydrazone groups is 1. The maximum atomic E-state index is 13.3. The van der Waals surface area contributed by atoms with Gasteiger partial charge >= 0.3 is 0 Å². The zero-order valence-electron chi connectivity index (χ0n) is 16.3. The first-order valence-corrected chi connectivity index (χ1v) is 10.2. The van der Waals surface area contributed by atoms with E-state index in [0.29, 0.717) is 16.6 Å². The molecule has 1 aromatic heterocycles. The van der Waals surface area contributed by atoms with E-state index in [4.69, 9.17) is 0 Å². The molecule has 0 aliphatic carbocycles. The summed E-state index contributed by atoms with van der Waals surface area (Å²) in [6.45, 7) is 2.63. The van der Waals surface area contributed by atoms with Crippen molar-refractivity contribution in [2.24, 2.45) is 5.10 Å². The molecule has 0 radical (unpaired) electrons. The Kier molecular flexibility index (Phi) is 5.77.